The van der Waals surface area contributed by atoms with Crippen LogP contribution in [0.2, 0.25) is 0 Å². The molecule has 0 aliphatic rings. The first kappa shape index (κ1) is 16.6. The van der Waals surface area contributed by atoms with Crippen LogP contribution in [0.1, 0.15) is 17.0 Å². The average Bonchev–Trinajstić information content (AvgIpc) is 3.10. The monoisotopic (exact) mass is 333 g/mol. The number of carbonyl (C=O) groups excluding carboxylic acids is 1. The highest BCUT2D eigenvalue weighted by Gasteiger charge is 2.06. The molecule has 0 aliphatic carbocycles. The van der Waals surface area contributed by atoms with Gasteiger partial charge in [0.15, 0.2) is 0 Å². The second-order valence-electron chi connectivity index (χ2n) is 5.64. The number of rotatable bonds is 6. The lowest BCUT2D eigenvalue weighted by molar-refractivity contribution is -0.116. The van der Waals surface area contributed by atoms with Gasteiger partial charge in [-0.1, -0.05) is 23.8 Å². The summed E-state index contributed by atoms with van der Waals surface area (Å²) in [5.41, 5.74) is 3.69. The quantitative estimate of drug-likeness (QED) is 0.702. The number of aryl methyl sites for hydroxylation is 1. The maximum Gasteiger partial charge on any atom is 0.244 e. The van der Waals surface area contributed by atoms with E-state index in [1.165, 1.54) is 11.6 Å². The summed E-state index contributed by atoms with van der Waals surface area (Å²) in [6.45, 7) is 2.53. The third-order valence-corrected chi connectivity index (χ3v) is 3.62. The number of hydrogen-bond donors (Lipinski definition) is 1. The van der Waals surface area contributed by atoms with Crippen LogP contribution in [0.5, 0.6) is 0 Å². The van der Waals surface area contributed by atoms with Crippen LogP contribution in [-0.2, 0) is 11.2 Å². The van der Waals surface area contributed by atoms with E-state index >= 15 is 0 Å². The van der Waals surface area contributed by atoms with Gasteiger partial charge in [-0.15, -0.1) is 0 Å². The van der Waals surface area contributed by atoms with Crippen LogP contribution in [0.15, 0.2) is 65.4 Å². The fraction of sp³-hybridized carbons (Fsp3) is 0.150. The Balaban J connectivity index is 1.48. The van der Waals surface area contributed by atoms with Crippen molar-refractivity contribution in [2.24, 2.45) is 0 Å². The molecular formula is C20H19N3O2. The minimum Gasteiger partial charge on any atom is -0.444 e. The van der Waals surface area contributed by atoms with Gasteiger partial charge in [0.2, 0.25) is 11.8 Å². The summed E-state index contributed by atoms with van der Waals surface area (Å²) in [5, 5.41) is 2.82. The van der Waals surface area contributed by atoms with Crippen LogP contribution < -0.4 is 5.32 Å². The van der Waals surface area contributed by atoms with Crippen molar-refractivity contribution >= 4 is 12.0 Å². The zero-order valence-corrected chi connectivity index (χ0v) is 14.0. The molecule has 0 unspecified atom stereocenters. The molecule has 3 aromatic rings. The van der Waals surface area contributed by atoms with Gasteiger partial charge in [0.05, 0.1) is 11.4 Å². The van der Waals surface area contributed by atoms with Crippen molar-refractivity contribution in [3.8, 4) is 11.5 Å². The molecule has 2 aromatic heterocycles. The maximum absolute atomic E-state index is 11.8. The third kappa shape index (κ3) is 4.88. The lowest BCUT2D eigenvalue weighted by Gasteiger charge is -1.99. The number of carbonyl (C=O) groups is 1. The number of benzene rings is 1. The molecule has 0 fully saturated rings. The Morgan fingerprint density at radius 2 is 2.04 bits per heavy atom. The Kier molecular flexibility index (Phi) is 5.36. The largest absolute Gasteiger partial charge is 0.444 e. The van der Waals surface area contributed by atoms with Gasteiger partial charge < -0.3 is 9.73 Å². The molecule has 0 radical (unpaired) electrons. The highest BCUT2D eigenvalue weighted by molar-refractivity contribution is 5.91. The normalized spacial score (nSPS) is 10.9. The number of aromatic nitrogens is 2. The summed E-state index contributed by atoms with van der Waals surface area (Å²) in [4.78, 5) is 20.4. The molecule has 126 valence electrons. The van der Waals surface area contributed by atoms with Crippen LogP contribution in [0.25, 0.3) is 17.5 Å². The zero-order chi connectivity index (χ0) is 17.5. The molecule has 3 rings (SSSR count). The van der Waals surface area contributed by atoms with Gasteiger partial charge in [0.25, 0.3) is 0 Å². The molecule has 0 bridgehead atoms. The first-order valence-corrected chi connectivity index (χ1v) is 8.09. The Hall–Kier alpha value is -3.21. The van der Waals surface area contributed by atoms with Crippen LogP contribution in [0.4, 0.5) is 0 Å². The van der Waals surface area contributed by atoms with E-state index in [9.17, 15) is 4.79 Å². The molecule has 2 heterocycles. The standard InChI is InChI=1S/C20H19N3O2/c1-15-5-7-16(8-6-15)20-23-18(14-25-20)11-13-22-19(24)10-9-17-4-2-3-12-21-17/h2-10,12,14H,11,13H2,1H3,(H,22,24)/b10-9-. The summed E-state index contributed by atoms with van der Waals surface area (Å²) in [7, 11) is 0. The predicted octanol–water partition coefficient (Wildman–Crippen LogP) is 3.42. The van der Waals surface area contributed by atoms with Gasteiger partial charge in [-0.25, -0.2) is 4.98 Å². The Bertz CT molecular complexity index is 852. The molecular weight excluding hydrogens is 314 g/mol. The summed E-state index contributed by atoms with van der Waals surface area (Å²) >= 11 is 0. The number of nitrogens with one attached hydrogen (secondary N) is 1. The molecule has 1 N–H and O–H groups in total. The van der Waals surface area contributed by atoms with E-state index in [1.54, 1.807) is 18.5 Å². The van der Waals surface area contributed by atoms with Crippen molar-refractivity contribution in [1.82, 2.24) is 15.3 Å². The van der Waals surface area contributed by atoms with Gasteiger partial charge in [0.1, 0.15) is 6.26 Å². The van der Waals surface area contributed by atoms with Crippen molar-refractivity contribution in [2.75, 3.05) is 6.54 Å². The van der Waals surface area contributed by atoms with E-state index in [-0.39, 0.29) is 5.91 Å². The highest BCUT2D eigenvalue weighted by atomic mass is 16.3. The van der Waals surface area contributed by atoms with Crippen LogP contribution in [0.3, 0.4) is 0 Å². The summed E-state index contributed by atoms with van der Waals surface area (Å²) in [6.07, 6.45) is 7.08. The molecule has 5 nitrogen and oxygen atoms in total. The lowest BCUT2D eigenvalue weighted by atomic mass is 10.1. The minimum absolute atomic E-state index is 0.159. The zero-order valence-electron chi connectivity index (χ0n) is 14.0. The van der Waals surface area contributed by atoms with Crippen LogP contribution in [0, 0.1) is 6.92 Å². The minimum atomic E-state index is -0.159. The maximum atomic E-state index is 11.8. The van der Waals surface area contributed by atoms with Crippen molar-refractivity contribution in [1.29, 1.82) is 0 Å². The summed E-state index contributed by atoms with van der Waals surface area (Å²) < 4.78 is 5.51. The number of hydrogen-bond acceptors (Lipinski definition) is 4. The molecule has 0 aliphatic heterocycles. The molecule has 0 saturated carbocycles. The van der Waals surface area contributed by atoms with E-state index < -0.39 is 0 Å². The van der Waals surface area contributed by atoms with E-state index in [0.717, 1.165) is 17.0 Å². The summed E-state index contributed by atoms with van der Waals surface area (Å²) in [6, 6.07) is 13.6. The fourth-order valence-electron chi connectivity index (χ4n) is 2.26. The first-order valence-electron chi connectivity index (χ1n) is 8.09. The third-order valence-electron chi connectivity index (χ3n) is 3.62. The Labute approximate surface area is 146 Å². The van der Waals surface area contributed by atoms with Gasteiger partial charge in [0, 0.05) is 30.8 Å². The van der Waals surface area contributed by atoms with E-state index in [0.29, 0.717) is 18.9 Å². The van der Waals surface area contributed by atoms with Crippen molar-refractivity contribution in [3.05, 3.63) is 78.0 Å². The van der Waals surface area contributed by atoms with Gasteiger partial charge >= 0.3 is 0 Å². The van der Waals surface area contributed by atoms with Gasteiger partial charge in [-0.3, -0.25) is 9.78 Å². The van der Waals surface area contributed by atoms with Crippen molar-refractivity contribution in [2.45, 2.75) is 13.3 Å². The molecule has 0 spiro atoms. The average molecular weight is 333 g/mol. The second-order valence-corrected chi connectivity index (χ2v) is 5.64. The van der Waals surface area contributed by atoms with Gasteiger partial charge in [-0.05, 0) is 37.3 Å². The molecule has 1 amide bonds. The van der Waals surface area contributed by atoms with E-state index in [4.69, 9.17) is 4.42 Å². The predicted molar refractivity (Wildman–Crippen MR) is 96.7 cm³/mol. The van der Waals surface area contributed by atoms with Crippen molar-refractivity contribution < 1.29 is 9.21 Å². The molecule has 25 heavy (non-hydrogen) atoms. The van der Waals surface area contributed by atoms with E-state index in [2.05, 4.69) is 15.3 Å². The fourth-order valence-corrected chi connectivity index (χ4v) is 2.26. The van der Waals surface area contributed by atoms with E-state index in [1.807, 2.05) is 49.4 Å². The number of oxazole rings is 1. The van der Waals surface area contributed by atoms with Crippen molar-refractivity contribution in [3.63, 3.8) is 0 Å². The molecule has 0 atom stereocenters. The molecule has 0 saturated heterocycles. The second kappa shape index (κ2) is 8.06. The number of amides is 1. The van der Waals surface area contributed by atoms with Gasteiger partial charge in [-0.2, -0.15) is 0 Å². The number of pyridine rings is 1. The molecule has 5 heteroatoms. The van der Waals surface area contributed by atoms with Crippen LogP contribution in [-0.4, -0.2) is 22.4 Å². The topological polar surface area (TPSA) is 68.0 Å². The SMILES string of the molecule is Cc1ccc(-c2nc(CCNC(=O)/C=C\c3ccccn3)co2)cc1. The first-order chi connectivity index (χ1) is 12.2. The number of nitrogens with zero attached hydrogens (tertiary/aromatic N) is 2. The molecule has 1 aromatic carbocycles. The smallest absolute Gasteiger partial charge is 0.244 e. The highest BCUT2D eigenvalue weighted by Crippen LogP contribution is 2.19. The Morgan fingerprint density at radius 1 is 1.20 bits per heavy atom. The summed E-state index contributed by atoms with van der Waals surface area (Å²) in [5.74, 6) is 0.435. The van der Waals surface area contributed by atoms with Crippen LogP contribution >= 0.6 is 0 Å². The Morgan fingerprint density at radius 3 is 2.80 bits per heavy atom. The lowest BCUT2D eigenvalue weighted by Crippen LogP contribution is -2.23.